The van der Waals surface area contributed by atoms with Crippen LogP contribution in [-0.2, 0) is 0 Å². The van der Waals surface area contributed by atoms with Gasteiger partial charge in [-0.05, 0) is 26.4 Å². The summed E-state index contributed by atoms with van der Waals surface area (Å²) >= 11 is 1.52. The molecule has 2 heterocycles. The highest BCUT2D eigenvalue weighted by molar-refractivity contribution is 7.13. The van der Waals surface area contributed by atoms with Crippen molar-refractivity contribution in [3.8, 4) is 0 Å². The number of aldehydes is 1. The third-order valence-corrected chi connectivity index (χ3v) is 3.74. The van der Waals surface area contributed by atoms with Crippen molar-refractivity contribution in [1.29, 1.82) is 0 Å². The number of hydrogen-bond donors (Lipinski definition) is 0. The summed E-state index contributed by atoms with van der Waals surface area (Å²) in [7, 11) is 2.13. The van der Waals surface area contributed by atoms with Crippen molar-refractivity contribution in [1.82, 2.24) is 9.88 Å². The maximum Gasteiger partial charge on any atom is 0.161 e. The zero-order chi connectivity index (χ0) is 9.97. The van der Waals surface area contributed by atoms with Crippen LogP contribution in [0, 0.1) is 0 Å². The minimum Gasteiger partial charge on any atom is -0.297 e. The van der Waals surface area contributed by atoms with E-state index in [-0.39, 0.29) is 0 Å². The average molecular weight is 210 g/mol. The van der Waals surface area contributed by atoms with Crippen LogP contribution in [-0.4, -0.2) is 29.8 Å². The maximum absolute atomic E-state index is 10.5. The zero-order valence-corrected chi connectivity index (χ0v) is 9.09. The number of aromatic nitrogens is 1. The second-order valence-electron chi connectivity index (χ2n) is 3.71. The van der Waals surface area contributed by atoms with Crippen LogP contribution in [0.1, 0.15) is 40.0 Å². The van der Waals surface area contributed by atoms with Crippen LogP contribution >= 0.6 is 11.3 Å². The van der Waals surface area contributed by atoms with Crippen LogP contribution < -0.4 is 0 Å². The lowest BCUT2D eigenvalue weighted by Crippen LogP contribution is -2.29. The molecule has 14 heavy (non-hydrogen) atoms. The molecular weight excluding hydrogens is 196 g/mol. The van der Waals surface area contributed by atoms with Gasteiger partial charge in [0.2, 0.25) is 0 Å². The third-order valence-electron chi connectivity index (χ3n) is 2.71. The molecule has 0 N–H and O–H groups in total. The normalized spacial score (nSPS) is 23.6. The van der Waals surface area contributed by atoms with Gasteiger partial charge in [-0.15, -0.1) is 11.3 Å². The van der Waals surface area contributed by atoms with Gasteiger partial charge < -0.3 is 0 Å². The first kappa shape index (κ1) is 9.80. The highest BCUT2D eigenvalue weighted by Crippen LogP contribution is 2.31. The Labute approximate surface area is 87.8 Å². The minimum absolute atomic E-state index is 0.433. The Morgan fingerprint density at radius 1 is 1.64 bits per heavy atom. The van der Waals surface area contributed by atoms with Gasteiger partial charge >= 0.3 is 0 Å². The Bertz CT molecular complexity index is 324. The van der Waals surface area contributed by atoms with Gasteiger partial charge in [0.05, 0.1) is 10.9 Å². The predicted octanol–water partition coefficient (Wildman–Crippen LogP) is 2.11. The molecule has 1 fully saturated rings. The molecule has 3 nitrogen and oxygen atoms in total. The van der Waals surface area contributed by atoms with E-state index in [1.54, 1.807) is 6.20 Å². The molecular formula is C10H14N2OS. The number of likely N-dealkylation sites (tertiary alicyclic amines) is 1. The summed E-state index contributed by atoms with van der Waals surface area (Å²) in [5, 5.41) is 1.09. The van der Waals surface area contributed by atoms with E-state index in [0.717, 1.165) is 22.7 Å². The summed E-state index contributed by atoms with van der Waals surface area (Å²) < 4.78 is 0. The summed E-state index contributed by atoms with van der Waals surface area (Å²) in [4.78, 5) is 17.9. The minimum atomic E-state index is 0.433. The quantitative estimate of drug-likeness (QED) is 0.701. The van der Waals surface area contributed by atoms with E-state index in [4.69, 9.17) is 0 Å². The van der Waals surface area contributed by atoms with Gasteiger partial charge in [0.15, 0.2) is 6.29 Å². The van der Waals surface area contributed by atoms with Crippen molar-refractivity contribution >= 4 is 17.6 Å². The van der Waals surface area contributed by atoms with Crippen molar-refractivity contribution in [2.45, 2.75) is 25.3 Å². The van der Waals surface area contributed by atoms with E-state index in [9.17, 15) is 4.79 Å². The van der Waals surface area contributed by atoms with Crippen molar-refractivity contribution in [2.75, 3.05) is 13.6 Å². The molecule has 0 aromatic carbocycles. The van der Waals surface area contributed by atoms with E-state index in [2.05, 4.69) is 16.9 Å². The van der Waals surface area contributed by atoms with Gasteiger partial charge in [-0.3, -0.25) is 9.69 Å². The Hall–Kier alpha value is -0.740. The van der Waals surface area contributed by atoms with Crippen molar-refractivity contribution in [2.24, 2.45) is 0 Å². The van der Waals surface area contributed by atoms with Gasteiger partial charge in [0, 0.05) is 6.20 Å². The Balaban J connectivity index is 2.16. The average Bonchev–Trinajstić information content (AvgIpc) is 2.67. The summed E-state index contributed by atoms with van der Waals surface area (Å²) in [5.74, 6) is 0. The van der Waals surface area contributed by atoms with E-state index < -0.39 is 0 Å². The van der Waals surface area contributed by atoms with Crippen LogP contribution in [0.2, 0.25) is 0 Å². The highest BCUT2D eigenvalue weighted by atomic mass is 32.1. The molecule has 1 aliphatic heterocycles. The summed E-state index contributed by atoms with van der Waals surface area (Å²) in [6, 6.07) is 0.433. The molecule has 4 heteroatoms. The van der Waals surface area contributed by atoms with Crippen molar-refractivity contribution < 1.29 is 4.79 Å². The van der Waals surface area contributed by atoms with Crippen molar-refractivity contribution in [3.05, 3.63) is 16.1 Å². The fraction of sp³-hybridized carbons (Fsp3) is 0.600. The van der Waals surface area contributed by atoms with Crippen LogP contribution in [0.15, 0.2) is 6.20 Å². The Kier molecular flexibility index (Phi) is 2.93. The zero-order valence-electron chi connectivity index (χ0n) is 8.27. The third kappa shape index (κ3) is 1.86. The SMILES string of the molecule is CN1CCCCC1c1ncc(C=O)s1. The van der Waals surface area contributed by atoms with Gasteiger partial charge in [-0.1, -0.05) is 6.42 Å². The lowest BCUT2D eigenvalue weighted by molar-refractivity contribution is 0.112. The number of nitrogens with zero attached hydrogens (tertiary/aromatic N) is 2. The lowest BCUT2D eigenvalue weighted by atomic mass is 10.0. The fourth-order valence-corrected chi connectivity index (χ4v) is 2.83. The first-order chi connectivity index (χ1) is 6.81. The van der Waals surface area contributed by atoms with Gasteiger partial charge in [0.25, 0.3) is 0 Å². The summed E-state index contributed by atoms with van der Waals surface area (Å²) in [5.41, 5.74) is 0. The Morgan fingerprint density at radius 3 is 3.14 bits per heavy atom. The topological polar surface area (TPSA) is 33.2 Å². The number of rotatable bonds is 2. The molecule has 1 aliphatic rings. The standard InChI is InChI=1S/C10H14N2OS/c1-12-5-3-2-4-9(12)10-11-6-8(7-13)14-10/h6-7,9H,2-5H2,1H3. The largest absolute Gasteiger partial charge is 0.297 e. The number of hydrogen-bond acceptors (Lipinski definition) is 4. The smallest absolute Gasteiger partial charge is 0.161 e. The first-order valence-electron chi connectivity index (χ1n) is 4.92. The number of carbonyl (C=O) groups excluding carboxylic acids is 1. The first-order valence-corrected chi connectivity index (χ1v) is 5.74. The van der Waals surface area contributed by atoms with Gasteiger partial charge in [-0.25, -0.2) is 4.98 Å². The molecule has 0 aliphatic carbocycles. The van der Waals surface area contributed by atoms with Crippen LogP contribution in [0.3, 0.4) is 0 Å². The Morgan fingerprint density at radius 2 is 2.50 bits per heavy atom. The van der Waals surface area contributed by atoms with Crippen LogP contribution in [0.4, 0.5) is 0 Å². The van der Waals surface area contributed by atoms with Gasteiger partial charge in [-0.2, -0.15) is 0 Å². The molecule has 1 saturated heterocycles. The second-order valence-corrected chi connectivity index (χ2v) is 4.80. The summed E-state index contributed by atoms with van der Waals surface area (Å²) in [6.07, 6.45) is 6.27. The number of thiazole rings is 1. The molecule has 0 spiro atoms. The summed E-state index contributed by atoms with van der Waals surface area (Å²) in [6.45, 7) is 1.14. The molecule has 1 unspecified atom stereocenters. The molecule has 1 atom stereocenters. The number of piperidine rings is 1. The second kappa shape index (κ2) is 4.19. The lowest BCUT2D eigenvalue weighted by Gasteiger charge is -2.30. The highest BCUT2D eigenvalue weighted by Gasteiger charge is 2.23. The molecule has 1 aromatic heterocycles. The molecule has 0 radical (unpaired) electrons. The molecule has 0 amide bonds. The van der Waals surface area contributed by atoms with E-state index >= 15 is 0 Å². The van der Waals surface area contributed by atoms with Crippen molar-refractivity contribution in [3.63, 3.8) is 0 Å². The van der Waals surface area contributed by atoms with E-state index in [0.29, 0.717) is 6.04 Å². The molecule has 76 valence electrons. The maximum atomic E-state index is 10.5. The number of carbonyl (C=O) groups is 1. The van der Waals surface area contributed by atoms with E-state index in [1.807, 2.05) is 0 Å². The molecule has 1 aromatic rings. The van der Waals surface area contributed by atoms with Crippen LogP contribution in [0.25, 0.3) is 0 Å². The van der Waals surface area contributed by atoms with Crippen LogP contribution in [0.5, 0.6) is 0 Å². The monoisotopic (exact) mass is 210 g/mol. The predicted molar refractivity (Wildman–Crippen MR) is 56.7 cm³/mol. The van der Waals surface area contributed by atoms with E-state index in [1.165, 1.54) is 30.6 Å². The molecule has 2 rings (SSSR count). The van der Waals surface area contributed by atoms with Gasteiger partial charge in [0.1, 0.15) is 5.01 Å². The molecule has 0 saturated carbocycles. The molecule has 0 bridgehead atoms. The fourth-order valence-electron chi connectivity index (χ4n) is 1.90.